The fraction of sp³-hybridized carbons (Fsp3) is 0.529. The zero-order chi connectivity index (χ0) is 18.7. The van der Waals surface area contributed by atoms with Crippen molar-refractivity contribution in [2.45, 2.75) is 29.9 Å². The monoisotopic (exact) mass is 383 g/mol. The smallest absolute Gasteiger partial charge is 0.224 e. The van der Waals surface area contributed by atoms with E-state index in [1.807, 2.05) is 0 Å². The molecule has 4 N–H and O–H groups in total. The first kappa shape index (κ1) is 19.1. The third-order valence-corrected chi connectivity index (χ3v) is 5.83. The third-order valence-electron chi connectivity index (χ3n) is 4.52. The van der Waals surface area contributed by atoms with E-state index >= 15 is 0 Å². The molecule has 0 saturated heterocycles. The molecule has 1 amide bonds. The zero-order valence-electron chi connectivity index (χ0n) is 14.3. The fourth-order valence-electron chi connectivity index (χ4n) is 3.17. The average Bonchev–Trinajstić information content (AvgIpc) is 3.04. The molecule has 1 fully saturated rings. The lowest BCUT2D eigenvalue weighted by molar-refractivity contribution is -0.129. The maximum Gasteiger partial charge on any atom is 0.224 e. The van der Waals surface area contributed by atoms with Crippen molar-refractivity contribution < 1.29 is 24.1 Å². The number of hydrogen-bond acceptors (Lipinski definition) is 7. The number of aliphatic hydroxyl groups excluding tert-OH is 2. The fourth-order valence-corrected chi connectivity index (χ4v) is 4.55. The Kier molecular flexibility index (Phi) is 6.13. The number of carbonyl (C=O) groups excluding carboxylic acids is 1. The Hall–Kier alpha value is -1.68. The Morgan fingerprint density at radius 1 is 1.38 bits per heavy atom. The minimum atomic E-state index is -1.02. The lowest BCUT2D eigenvalue weighted by atomic mass is 9.81. The molecule has 1 aromatic rings. The highest BCUT2D eigenvalue weighted by molar-refractivity contribution is 8.15. The molecule has 1 heterocycles. The van der Waals surface area contributed by atoms with E-state index in [9.17, 15) is 19.4 Å². The number of hydrogen-bond donors (Lipinski definition) is 4. The normalized spacial score (nSPS) is 30.5. The molecule has 1 aromatic carbocycles. The predicted octanol–water partition coefficient (Wildman–Crippen LogP) is 0.582. The van der Waals surface area contributed by atoms with Gasteiger partial charge in [-0.25, -0.2) is 4.39 Å². The number of aliphatic imine (C=N–C) groups is 1. The van der Waals surface area contributed by atoms with E-state index in [1.165, 1.54) is 23.9 Å². The number of nitrogens with one attached hydrogen (secondary N) is 2. The molecule has 0 aromatic heterocycles. The quantitative estimate of drug-likeness (QED) is 0.555. The van der Waals surface area contributed by atoms with Gasteiger partial charge in [0.1, 0.15) is 11.9 Å². The number of benzene rings is 1. The summed E-state index contributed by atoms with van der Waals surface area (Å²) in [5.41, 5.74) is 0.660. The van der Waals surface area contributed by atoms with Crippen molar-refractivity contribution >= 4 is 28.5 Å². The van der Waals surface area contributed by atoms with Crippen LogP contribution in [-0.2, 0) is 9.53 Å². The SMILES string of the molecule is COCCNC(=O)[C@@H]1C[C@@H](O)[C@H](O)[C@H]2N=C(Nc3ccc(F)cc3)S[C@@H]21. The van der Waals surface area contributed by atoms with Gasteiger partial charge < -0.3 is 25.6 Å². The molecule has 9 heteroatoms. The molecule has 0 spiro atoms. The van der Waals surface area contributed by atoms with Crippen LogP contribution in [-0.4, -0.2) is 65.0 Å². The Bertz CT molecular complexity index is 672. The van der Waals surface area contributed by atoms with Gasteiger partial charge in [0.15, 0.2) is 5.17 Å². The molecule has 142 valence electrons. The lowest BCUT2D eigenvalue weighted by Crippen LogP contribution is -2.54. The van der Waals surface area contributed by atoms with Gasteiger partial charge in [0.05, 0.1) is 24.7 Å². The Labute approximate surface area is 155 Å². The predicted molar refractivity (Wildman–Crippen MR) is 97.6 cm³/mol. The van der Waals surface area contributed by atoms with Crippen molar-refractivity contribution in [1.29, 1.82) is 0 Å². The second kappa shape index (κ2) is 8.34. The number of thioether (sulfide) groups is 1. The van der Waals surface area contributed by atoms with E-state index in [0.717, 1.165) is 0 Å². The summed E-state index contributed by atoms with van der Waals surface area (Å²) in [4.78, 5) is 16.9. The molecular weight excluding hydrogens is 361 g/mol. The van der Waals surface area contributed by atoms with Gasteiger partial charge in [-0.2, -0.15) is 0 Å². The minimum Gasteiger partial charge on any atom is -0.390 e. The number of rotatable bonds is 5. The second-order valence-corrected chi connectivity index (χ2v) is 7.49. The molecule has 1 aliphatic heterocycles. The van der Waals surface area contributed by atoms with Crippen LogP contribution in [0.3, 0.4) is 0 Å². The highest BCUT2D eigenvalue weighted by Crippen LogP contribution is 2.41. The molecule has 0 unspecified atom stereocenters. The van der Waals surface area contributed by atoms with E-state index in [-0.39, 0.29) is 23.4 Å². The van der Waals surface area contributed by atoms with E-state index in [4.69, 9.17) is 4.74 Å². The lowest BCUT2D eigenvalue weighted by Gasteiger charge is -2.37. The van der Waals surface area contributed by atoms with Gasteiger partial charge in [0.25, 0.3) is 0 Å². The highest BCUT2D eigenvalue weighted by Gasteiger charge is 2.50. The topological polar surface area (TPSA) is 103 Å². The average molecular weight is 383 g/mol. The zero-order valence-corrected chi connectivity index (χ0v) is 15.1. The van der Waals surface area contributed by atoms with E-state index in [0.29, 0.717) is 24.0 Å². The van der Waals surface area contributed by atoms with Crippen molar-refractivity contribution in [2.24, 2.45) is 10.9 Å². The van der Waals surface area contributed by atoms with Gasteiger partial charge >= 0.3 is 0 Å². The van der Waals surface area contributed by atoms with Gasteiger partial charge in [-0.15, -0.1) is 0 Å². The van der Waals surface area contributed by atoms with Gasteiger partial charge in [-0.1, -0.05) is 11.8 Å². The standard InChI is InChI=1S/C17H22FN3O4S/c1-25-7-6-19-16(24)11-8-12(22)14(23)13-15(11)26-17(21-13)20-10-4-2-9(18)3-5-10/h2-5,11-15,22-23H,6-8H2,1H3,(H,19,24)(H,20,21)/t11-,12-,13-,14+,15-/m1/s1. The van der Waals surface area contributed by atoms with Gasteiger partial charge in [-0.3, -0.25) is 9.79 Å². The maximum absolute atomic E-state index is 13.0. The number of fused-ring (bicyclic) bond motifs is 1. The molecule has 26 heavy (non-hydrogen) atoms. The summed E-state index contributed by atoms with van der Waals surface area (Å²) < 4.78 is 18.0. The molecule has 1 saturated carbocycles. The number of methoxy groups -OCH3 is 1. The Balaban J connectivity index is 1.70. The number of aliphatic hydroxyl groups is 2. The van der Waals surface area contributed by atoms with Crippen LogP contribution < -0.4 is 10.6 Å². The van der Waals surface area contributed by atoms with Crippen molar-refractivity contribution in [2.75, 3.05) is 25.6 Å². The minimum absolute atomic E-state index is 0.174. The molecule has 0 radical (unpaired) electrons. The summed E-state index contributed by atoms with van der Waals surface area (Å²) in [7, 11) is 1.55. The first-order valence-corrected chi connectivity index (χ1v) is 9.27. The maximum atomic E-state index is 13.0. The Morgan fingerprint density at radius 3 is 2.81 bits per heavy atom. The van der Waals surface area contributed by atoms with Gasteiger partial charge in [0, 0.05) is 24.6 Å². The van der Waals surface area contributed by atoms with E-state index < -0.39 is 24.2 Å². The van der Waals surface area contributed by atoms with Crippen LogP contribution in [0.1, 0.15) is 6.42 Å². The van der Waals surface area contributed by atoms with E-state index in [1.54, 1.807) is 19.2 Å². The highest BCUT2D eigenvalue weighted by atomic mass is 32.2. The summed E-state index contributed by atoms with van der Waals surface area (Å²) in [6.07, 6.45) is -1.86. The van der Waals surface area contributed by atoms with Crippen LogP contribution in [0.15, 0.2) is 29.3 Å². The van der Waals surface area contributed by atoms with Gasteiger partial charge in [-0.05, 0) is 30.7 Å². The molecule has 1 aliphatic carbocycles. The van der Waals surface area contributed by atoms with Crippen molar-refractivity contribution in [3.8, 4) is 0 Å². The van der Waals surface area contributed by atoms with Crippen LogP contribution in [0.4, 0.5) is 10.1 Å². The van der Waals surface area contributed by atoms with Crippen LogP contribution in [0.25, 0.3) is 0 Å². The summed E-state index contributed by atoms with van der Waals surface area (Å²) in [6, 6.07) is 5.26. The number of amides is 1. The first-order chi connectivity index (χ1) is 12.5. The summed E-state index contributed by atoms with van der Waals surface area (Å²) in [6.45, 7) is 0.785. The number of anilines is 1. The molecule has 3 rings (SSSR count). The summed E-state index contributed by atoms with van der Waals surface area (Å²) in [5, 5.41) is 26.5. The molecule has 7 nitrogen and oxygen atoms in total. The van der Waals surface area contributed by atoms with Crippen LogP contribution in [0.5, 0.6) is 0 Å². The number of ether oxygens (including phenoxy) is 1. The number of nitrogens with zero attached hydrogens (tertiary/aromatic N) is 1. The number of amidine groups is 1. The number of halogens is 1. The molecular formula is C17H22FN3O4S. The van der Waals surface area contributed by atoms with Crippen molar-refractivity contribution in [1.82, 2.24) is 5.32 Å². The first-order valence-electron chi connectivity index (χ1n) is 8.39. The largest absolute Gasteiger partial charge is 0.390 e. The Morgan fingerprint density at radius 2 is 2.12 bits per heavy atom. The second-order valence-electron chi connectivity index (χ2n) is 6.32. The van der Waals surface area contributed by atoms with Crippen LogP contribution >= 0.6 is 11.8 Å². The molecule has 5 atom stereocenters. The summed E-state index contributed by atoms with van der Waals surface area (Å²) in [5.74, 6) is -0.998. The van der Waals surface area contributed by atoms with Gasteiger partial charge in [0.2, 0.25) is 5.91 Å². The van der Waals surface area contributed by atoms with Crippen LogP contribution in [0.2, 0.25) is 0 Å². The third kappa shape index (κ3) is 4.17. The van der Waals surface area contributed by atoms with Crippen molar-refractivity contribution in [3.63, 3.8) is 0 Å². The molecule has 0 bridgehead atoms. The van der Waals surface area contributed by atoms with Crippen molar-refractivity contribution in [3.05, 3.63) is 30.1 Å². The summed E-state index contributed by atoms with van der Waals surface area (Å²) >= 11 is 1.36. The van der Waals surface area contributed by atoms with Crippen LogP contribution in [0, 0.1) is 11.7 Å². The molecule has 2 aliphatic rings. The number of carbonyl (C=O) groups is 1. The van der Waals surface area contributed by atoms with E-state index in [2.05, 4.69) is 15.6 Å².